The van der Waals surface area contributed by atoms with E-state index in [2.05, 4.69) is 143 Å². The zero-order chi connectivity index (χ0) is 35.9. The lowest BCUT2D eigenvalue weighted by Crippen LogP contribution is -2.04. The predicted octanol–water partition coefficient (Wildman–Crippen LogP) is 12.8. The van der Waals surface area contributed by atoms with Gasteiger partial charge in [0.2, 0.25) is 14.8 Å². The quantitative estimate of drug-likeness (QED) is 0.146. The number of nitrogens with zero attached hydrogens (tertiary/aromatic N) is 2. The van der Waals surface area contributed by atoms with E-state index in [1.165, 1.54) is 21.5 Å². The van der Waals surface area contributed by atoms with Gasteiger partial charge >= 0.3 is 0 Å². The Morgan fingerprint density at radius 2 is 0.704 bits per heavy atom. The van der Waals surface area contributed by atoms with Crippen molar-refractivity contribution in [3.8, 4) is 33.6 Å². The lowest BCUT2D eigenvalue weighted by molar-refractivity contribution is 0.646. The number of benzene rings is 8. The zero-order valence-corrected chi connectivity index (χ0v) is 29.8. The molecule has 4 nitrogen and oxygen atoms in total. The van der Waals surface area contributed by atoms with Gasteiger partial charge in [-0.3, -0.25) is 4.79 Å². The van der Waals surface area contributed by atoms with Gasteiger partial charge in [-0.25, -0.2) is 0 Å². The van der Waals surface area contributed by atoms with Gasteiger partial charge in [-0.2, -0.15) is 4.55 Å². The molecular weight excluding hydrogens is 681 g/mol. The lowest BCUT2D eigenvalue weighted by Gasteiger charge is -2.14. The first-order valence-corrected chi connectivity index (χ1v) is 19.3. The lowest BCUT2D eigenvalue weighted by atomic mass is 9.99. The van der Waals surface area contributed by atoms with Crippen molar-refractivity contribution in [2.24, 2.45) is 0 Å². The summed E-state index contributed by atoms with van der Waals surface area (Å²) in [5.41, 5.74) is 10.4. The van der Waals surface area contributed by atoms with Crippen molar-refractivity contribution in [2.45, 2.75) is 0 Å². The minimum Gasteiger partial charge on any atom is -0.309 e. The van der Waals surface area contributed by atoms with Crippen molar-refractivity contribution in [3.05, 3.63) is 192 Å². The molecule has 3 heterocycles. The third-order valence-corrected chi connectivity index (χ3v) is 12.5. The molecule has 0 saturated heterocycles. The first-order valence-electron chi connectivity index (χ1n) is 18.1. The van der Waals surface area contributed by atoms with Crippen LogP contribution in [0.15, 0.2) is 187 Å². The van der Waals surface area contributed by atoms with Crippen LogP contribution in [0.5, 0.6) is 0 Å². The second kappa shape index (κ2) is 11.9. The summed E-state index contributed by atoms with van der Waals surface area (Å²) >= 11 is 0. The molecule has 254 valence electrons. The smallest absolute Gasteiger partial charge is 0.221 e. The number of hydrogen-bond donors (Lipinski definition) is 1. The molecule has 0 aliphatic rings. The van der Waals surface area contributed by atoms with Gasteiger partial charge in [0.15, 0.2) is 10.8 Å². The summed E-state index contributed by atoms with van der Waals surface area (Å²) in [6.45, 7) is 0. The van der Waals surface area contributed by atoms with E-state index in [-0.39, 0.29) is 5.43 Å². The van der Waals surface area contributed by atoms with Crippen molar-refractivity contribution < 1.29 is 4.55 Å². The maximum absolute atomic E-state index is 14.6. The molecule has 0 fully saturated rings. The molecule has 0 aliphatic carbocycles. The minimum absolute atomic E-state index is 0.0785. The highest BCUT2D eigenvalue weighted by molar-refractivity contribution is 7.36. The number of hydrogen-bond acceptors (Lipinski definition) is 2. The van der Waals surface area contributed by atoms with Crippen molar-refractivity contribution in [3.63, 3.8) is 0 Å². The maximum Gasteiger partial charge on any atom is 0.221 e. The van der Waals surface area contributed by atoms with E-state index in [1.807, 2.05) is 48.5 Å². The Kier molecular flexibility index (Phi) is 6.77. The van der Waals surface area contributed by atoms with Crippen LogP contribution < -0.4 is 5.43 Å². The molecule has 0 unspecified atom stereocenters. The number of rotatable bonds is 4. The van der Waals surface area contributed by atoms with Gasteiger partial charge in [-0.15, -0.1) is 0 Å². The van der Waals surface area contributed by atoms with Crippen LogP contribution >= 0.6 is 10.8 Å². The SMILES string of the molecule is O=c1c2cc(-c3ccccc3-n3c4ccccc4c4ccccc43)ccc2[s+](O)c2ccc(-c3ccccc3-n3c4ccccc4c4ccccc43)cc12. The van der Waals surface area contributed by atoms with Crippen LogP contribution in [0.25, 0.3) is 97.4 Å². The van der Waals surface area contributed by atoms with Crippen molar-refractivity contribution in [1.29, 1.82) is 0 Å². The van der Waals surface area contributed by atoms with E-state index >= 15 is 0 Å². The van der Waals surface area contributed by atoms with Crippen LogP contribution in [0, 0.1) is 0 Å². The second-order valence-corrected chi connectivity index (χ2v) is 15.3. The van der Waals surface area contributed by atoms with Crippen LogP contribution in [-0.4, -0.2) is 13.7 Å². The molecule has 0 aliphatic heterocycles. The Balaban J connectivity index is 1.11. The van der Waals surface area contributed by atoms with Crippen LogP contribution in [0.2, 0.25) is 0 Å². The predicted molar refractivity (Wildman–Crippen MR) is 227 cm³/mol. The average Bonchev–Trinajstić information content (AvgIpc) is 3.75. The first-order chi connectivity index (χ1) is 26.7. The van der Waals surface area contributed by atoms with Gasteiger partial charge in [0.05, 0.1) is 44.2 Å². The minimum atomic E-state index is -1.27. The molecule has 5 heteroatoms. The molecule has 0 atom stereocenters. The third-order valence-electron chi connectivity index (χ3n) is 10.9. The highest BCUT2D eigenvalue weighted by atomic mass is 32.2. The first kappa shape index (κ1) is 30.8. The van der Waals surface area contributed by atoms with Crippen LogP contribution in [-0.2, 0) is 0 Å². The standard InChI is InChI=1S/C49H31N2O2S/c52-49-39-29-31(33-13-1-7-19-41(33)50-43-21-9-3-15-35(43)36-16-4-10-22-44(36)50)25-27-47(39)54(53)48-28-26-32(30-40(48)49)34-14-2-8-20-42(34)51-45-23-11-5-17-37(45)38-18-6-12-24-46(38)51/h1-30,53H/q+1. The summed E-state index contributed by atoms with van der Waals surface area (Å²) in [5, 5.41) is 5.85. The van der Waals surface area contributed by atoms with E-state index in [0.717, 1.165) is 55.7 Å². The Labute approximate surface area is 312 Å². The number of para-hydroxylation sites is 6. The summed E-state index contributed by atoms with van der Waals surface area (Å²) in [4.78, 5) is 14.6. The molecule has 0 radical (unpaired) electrons. The average molecular weight is 712 g/mol. The molecule has 11 rings (SSSR count). The number of aromatic nitrogens is 2. The summed E-state index contributed by atoms with van der Waals surface area (Å²) < 4.78 is 17.7. The zero-order valence-electron chi connectivity index (χ0n) is 29.0. The summed E-state index contributed by atoms with van der Waals surface area (Å²) in [6.07, 6.45) is 0. The normalized spacial score (nSPS) is 11.9. The monoisotopic (exact) mass is 711 g/mol. The van der Waals surface area contributed by atoms with E-state index in [9.17, 15) is 9.35 Å². The van der Waals surface area contributed by atoms with Crippen LogP contribution in [0.3, 0.4) is 0 Å². The van der Waals surface area contributed by atoms with Crippen LogP contribution in [0.4, 0.5) is 0 Å². The highest BCUT2D eigenvalue weighted by Crippen LogP contribution is 2.41. The van der Waals surface area contributed by atoms with Crippen molar-refractivity contribution >= 4 is 74.5 Å². The summed E-state index contributed by atoms with van der Waals surface area (Å²) in [7, 11) is -1.27. The summed E-state index contributed by atoms with van der Waals surface area (Å²) in [6, 6.07) is 62.6. The van der Waals surface area contributed by atoms with Crippen molar-refractivity contribution in [1.82, 2.24) is 9.13 Å². The highest BCUT2D eigenvalue weighted by Gasteiger charge is 2.23. The molecule has 0 bridgehead atoms. The van der Waals surface area contributed by atoms with Gasteiger partial charge in [0.25, 0.3) is 0 Å². The molecule has 0 amide bonds. The van der Waals surface area contributed by atoms with E-state index in [4.69, 9.17) is 0 Å². The van der Waals surface area contributed by atoms with E-state index in [0.29, 0.717) is 20.2 Å². The molecule has 8 aromatic carbocycles. The molecular formula is C49H31N2O2S+. The van der Waals surface area contributed by atoms with Crippen LogP contribution in [0.1, 0.15) is 0 Å². The molecule has 54 heavy (non-hydrogen) atoms. The molecule has 3 aromatic heterocycles. The van der Waals surface area contributed by atoms with Gasteiger partial charge in [-0.1, -0.05) is 109 Å². The molecule has 0 saturated carbocycles. The molecule has 0 spiro atoms. The molecule has 11 aromatic rings. The fourth-order valence-corrected chi connectivity index (χ4v) is 9.89. The maximum atomic E-state index is 14.6. The molecule has 1 N–H and O–H groups in total. The summed E-state index contributed by atoms with van der Waals surface area (Å²) in [5.74, 6) is 0. The Morgan fingerprint density at radius 1 is 0.370 bits per heavy atom. The van der Waals surface area contributed by atoms with E-state index < -0.39 is 10.8 Å². The van der Waals surface area contributed by atoms with E-state index in [1.54, 1.807) is 0 Å². The van der Waals surface area contributed by atoms with Gasteiger partial charge in [0, 0.05) is 44.8 Å². The fraction of sp³-hybridized carbons (Fsp3) is 0. The fourth-order valence-electron chi connectivity index (χ4n) is 8.54. The number of fused-ring (bicyclic) bond motifs is 8. The van der Waals surface area contributed by atoms with Gasteiger partial charge in [0.1, 0.15) is 0 Å². The third kappa shape index (κ3) is 4.43. The van der Waals surface area contributed by atoms with Gasteiger partial charge < -0.3 is 9.13 Å². The largest absolute Gasteiger partial charge is 0.309 e. The Hall–Kier alpha value is -6.79. The Bertz CT molecular complexity index is 3060. The van der Waals surface area contributed by atoms with Gasteiger partial charge in [-0.05, 0) is 71.8 Å². The topological polar surface area (TPSA) is 47.2 Å². The second-order valence-electron chi connectivity index (χ2n) is 13.8. The van der Waals surface area contributed by atoms with Crippen molar-refractivity contribution in [2.75, 3.05) is 0 Å². The Morgan fingerprint density at radius 3 is 1.09 bits per heavy atom.